The van der Waals surface area contributed by atoms with Crippen molar-refractivity contribution in [2.24, 2.45) is 0 Å². The summed E-state index contributed by atoms with van der Waals surface area (Å²) in [6, 6.07) is 1.14. The molecule has 3 fully saturated rings. The first-order valence-corrected chi connectivity index (χ1v) is 8.54. The Morgan fingerprint density at radius 1 is 1.24 bits per heavy atom. The summed E-state index contributed by atoms with van der Waals surface area (Å²) >= 11 is 0. The summed E-state index contributed by atoms with van der Waals surface area (Å²) in [5.74, 6) is -0.703. The van der Waals surface area contributed by atoms with Gasteiger partial charge in [0.2, 0.25) is 0 Å². The smallest absolute Gasteiger partial charge is 0.323 e. The number of fused-ring (bicyclic) bond motifs is 1. The lowest BCUT2D eigenvalue weighted by molar-refractivity contribution is -0.144. The van der Waals surface area contributed by atoms with E-state index in [1.165, 1.54) is 25.8 Å². The summed E-state index contributed by atoms with van der Waals surface area (Å²) in [5.41, 5.74) is -0.759. The summed E-state index contributed by atoms with van der Waals surface area (Å²) < 4.78 is 0. The SMILES string of the molecule is CC(CCN1CCN2CCCCC2C1)(NC1CC1)C(=O)O. The van der Waals surface area contributed by atoms with Crippen LogP contribution in [0, 0.1) is 0 Å². The van der Waals surface area contributed by atoms with E-state index in [2.05, 4.69) is 15.1 Å². The minimum atomic E-state index is -0.759. The molecule has 5 nitrogen and oxygen atoms in total. The molecule has 0 aromatic heterocycles. The molecule has 2 atom stereocenters. The minimum Gasteiger partial charge on any atom is -0.480 e. The Bertz CT molecular complexity index is 386. The standard InChI is InChI=1S/C16H29N3O2/c1-16(15(20)21,17-13-5-6-13)7-9-18-10-11-19-8-3-2-4-14(19)12-18/h13-14,17H,2-12H2,1H3,(H,20,21). The van der Waals surface area contributed by atoms with Crippen molar-refractivity contribution in [3.8, 4) is 0 Å². The van der Waals surface area contributed by atoms with E-state index < -0.39 is 11.5 Å². The second kappa shape index (κ2) is 6.23. The van der Waals surface area contributed by atoms with Crippen LogP contribution in [0.25, 0.3) is 0 Å². The topological polar surface area (TPSA) is 55.8 Å². The maximum absolute atomic E-state index is 11.6. The molecular weight excluding hydrogens is 266 g/mol. The Hall–Kier alpha value is -0.650. The second-order valence-electron chi connectivity index (χ2n) is 7.29. The second-order valence-corrected chi connectivity index (χ2v) is 7.29. The minimum absolute atomic E-state index is 0.432. The molecular formula is C16H29N3O2. The fourth-order valence-electron chi connectivity index (χ4n) is 3.72. The first-order valence-electron chi connectivity index (χ1n) is 8.54. The van der Waals surface area contributed by atoms with Gasteiger partial charge in [-0.15, -0.1) is 0 Å². The Balaban J connectivity index is 1.50. The lowest BCUT2D eigenvalue weighted by atomic mass is 9.95. The Morgan fingerprint density at radius 2 is 2.05 bits per heavy atom. The van der Waals surface area contributed by atoms with Crippen molar-refractivity contribution < 1.29 is 9.90 Å². The molecule has 21 heavy (non-hydrogen) atoms. The number of carbonyl (C=O) groups is 1. The number of rotatable bonds is 6. The van der Waals surface area contributed by atoms with E-state index in [0.29, 0.717) is 18.5 Å². The van der Waals surface area contributed by atoms with Gasteiger partial charge in [-0.1, -0.05) is 6.42 Å². The molecule has 2 unspecified atom stereocenters. The molecule has 2 aliphatic heterocycles. The number of hydrogen-bond donors (Lipinski definition) is 2. The van der Waals surface area contributed by atoms with E-state index >= 15 is 0 Å². The number of aliphatic carboxylic acids is 1. The van der Waals surface area contributed by atoms with E-state index in [-0.39, 0.29) is 0 Å². The van der Waals surface area contributed by atoms with Crippen LogP contribution < -0.4 is 5.32 Å². The third-order valence-corrected chi connectivity index (χ3v) is 5.42. The molecule has 2 heterocycles. The molecule has 0 aromatic carbocycles. The van der Waals surface area contributed by atoms with Gasteiger partial charge in [0.25, 0.3) is 0 Å². The summed E-state index contributed by atoms with van der Waals surface area (Å²) in [7, 11) is 0. The summed E-state index contributed by atoms with van der Waals surface area (Å²) in [6.45, 7) is 7.38. The van der Waals surface area contributed by atoms with Gasteiger partial charge in [-0.05, 0) is 45.6 Å². The molecule has 3 aliphatic rings. The third-order valence-electron chi connectivity index (χ3n) is 5.42. The third kappa shape index (κ3) is 3.76. The fourth-order valence-corrected chi connectivity index (χ4v) is 3.72. The lowest BCUT2D eigenvalue weighted by Gasteiger charge is -2.44. The molecule has 2 N–H and O–H groups in total. The van der Waals surface area contributed by atoms with E-state index in [9.17, 15) is 9.90 Å². The van der Waals surface area contributed by atoms with Gasteiger partial charge in [-0.25, -0.2) is 0 Å². The van der Waals surface area contributed by atoms with Crippen LogP contribution in [0.15, 0.2) is 0 Å². The first-order chi connectivity index (χ1) is 10.1. The average molecular weight is 295 g/mol. The zero-order valence-electron chi connectivity index (χ0n) is 13.2. The van der Waals surface area contributed by atoms with E-state index in [0.717, 1.165) is 39.0 Å². The molecule has 0 bridgehead atoms. The average Bonchev–Trinajstić information content (AvgIpc) is 3.28. The molecule has 0 spiro atoms. The van der Waals surface area contributed by atoms with Crippen molar-refractivity contribution in [1.82, 2.24) is 15.1 Å². The van der Waals surface area contributed by atoms with Gasteiger partial charge in [-0.2, -0.15) is 0 Å². The number of carboxylic acid groups (broad SMARTS) is 1. The molecule has 0 amide bonds. The molecule has 0 aromatic rings. The van der Waals surface area contributed by atoms with E-state index in [1.807, 2.05) is 6.92 Å². The number of hydrogen-bond acceptors (Lipinski definition) is 4. The first kappa shape index (κ1) is 15.3. The number of nitrogens with one attached hydrogen (secondary N) is 1. The quantitative estimate of drug-likeness (QED) is 0.770. The normalized spacial score (nSPS) is 30.6. The van der Waals surface area contributed by atoms with Crippen LogP contribution in [0.1, 0.15) is 45.4 Å². The van der Waals surface area contributed by atoms with Crippen molar-refractivity contribution in [1.29, 1.82) is 0 Å². The molecule has 1 saturated carbocycles. The molecule has 2 saturated heterocycles. The van der Waals surface area contributed by atoms with E-state index in [1.54, 1.807) is 0 Å². The number of carboxylic acids is 1. The van der Waals surface area contributed by atoms with Gasteiger partial charge in [-0.3, -0.25) is 15.0 Å². The summed E-state index contributed by atoms with van der Waals surface area (Å²) in [5, 5.41) is 12.9. The largest absolute Gasteiger partial charge is 0.480 e. The van der Waals surface area contributed by atoms with Crippen molar-refractivity contribution in [2.45, 2.75) is 63.1 Å². The lowest BCUT2D eigenvalue weighted by Crippen LogP contribution is -2.57. The van der Waals surface area contributed by atoms with Gasteiger partial charge in [0.1, 0.15) is 5.54 Å². The highest BCUT2D eigenvalue weighted by Crippen LogP contribution is 2.25. The Kier molecular flexibility index (Phi) is 4.52. The van der Waals surface area contributed by atoms with Crippen LogP contribution in [0.3, 0.4) is 0 Å². The summed E-state index contributed by atoms with van der Waals surface area (Å²) in [6.07, 6.45) is 6.97. The molecule has 3 rings (SSSR count). The van der Waals surface area contributed by atoms with Crippen LogP contribution in [0.4, 0.5) is 0 Å². The predicted molar refractivity (Wildman–Crippen MR) is 82.5 cm³/mol. The number of piperazine rings is 1. The number of nitrogens with zero attached hydrogens (tertiary/aromatic N) is 2. The Morgan fingerprint density at radius 3 is 2.76 bits per heavy atom. The molecule has 0 radical (unpaired) electrons. The van der Waals surface area contributed by atoms with Gasteiger partial charge >= 0.3 is 5.97 Å². The van der Waals surface area contributed by atoms with Gasteiger partial charge < -0.3 is 10.0 Å². The highest BCUT2D eigenvalue weighted by molar-refractivity contribution is 5.78. The van der Waals surface area contributed by atoms with Crippen molar-refractivity contribution in [2.75, 3.05) is 32.7 Å². The maximum atomic E-state index is 11.6. The van der Waals surface area contributed by atoms with Gasteiger partial charge in [0.15, 0.2) is 0 Å². The zero-order valence-corrected chi connectivity index (χ0v) is 13.2. The van der Waals surface area contributed by atoms with Crippen LogP contribution >= 0.6 is 0 Å². The van der Waals surface area contributed by atoms with Crippen molar-refractivity contribution >= 4 is 5.97 Å². The number of piperidine rings is 1. The summed E-state index contributed by atoms with van der Waals surface area (Å²) in [4.78, 5) is 16.7. The fraction of sp³-hybridized carbons (Fsp3) is 0.938. The van der Waals surface area contributed by atoms with Gasteiger partial charge in [0, 0.05) is 38.3 Å². The molecule has 120 valence electrons. The van der Waals surface area contributed by atoms with Crippen LogP contribution in [-0.2, 0) is 4.79 Å². The monoisotopic (exact) mass is 295 g/mol. The zero-order chi connectivity index (χ0) is 14.9. The molecule has 5 heteroatoms. The van der Waals surface area contributed by atoms with Crippen molar-refractivity contribution in [3.05, 3.63) is 0 Å². The van der Waals surface area contributed by atoms with E-state index in [4.69, 9.17) is 0 Å². The molecule has 1 aliphatic carbocycles. The van der Waals surface area contributed by atoms with Crippen LogP contribution in [0.5, 0.6) is 0 Å². The highest BCUT2D eigenvalue weighted by Gasteiger charge is 2.39. The Labute approximate surface area is 127 Å². The van der Waals surface area contributed by atoms with Gasteiger partial charge in [0.05, 0.1) is 0 Å². The predicted octanol–water partition coefficient (Wildman–Crippen LogP) is 1.14. The van der Waals surface area contributed by atoms with Crippen molar-refractivity contribution in [3.63, 3.8) is 0 Å². The highest BCUT2D eigenvalue weighted by atomic mass is 16.4. The maximum Gasteiger partial charge on any atom is 0.323 e. The van der Waals surface area contributed by atoms with Crippen LogP contribution in [-0.4, -0.2) is 71.2 Å². The van der Waals surface area contributed by atoms with Crippen LogP contribution in [0.2, 0.25) is 0 Å².